The van der Waals surface area contributed by atoms with Gasteiger partial charge in [0, 0.05) is 6.07 Å². The number of anilines is 1. The molecule has 2 aromatic rings. The average molecular weight is 316 g/mol. The van der Waals surface area contributed by atoms with Gasteiger partial charge in [-0.3, -0.25) is 4.79 Å². The molecule has 8 heteroatoms. The number of aromatic nitrogens is 2. The van der Waals surface area contributed by atoms with Crippen LogP contribution in [-0.4, -0.2) is 15.9 Å². The Morgan fingerprint density at radius 3 is 2.43 bits per heavy atom. The summed E-state index contributed by atoms with van der Waals surface area (Å²) in [6.45, 7) is 0. The van der Waals surface area contributed by atoms with Gasteiger partial charge in [-0.2, -0.15) is 13.2 Å². The van der Waals surface area contributed by atoms with E-state index in [1.165, 1.54) is 24.5 Å². The summed E-state index contributed by atoms with van der Waals surface area (Å²) in [7, 11) is 0. The quantitative estimate of drug-likeness (QED) is 0.884. The van der Waals surface area contributed by atoms with Gasteiger partial charge < -0.3 is 5.32 Å². The third-order valence-corrected chi connectivity index (χ3v) is 2.75. The maximum absolute atomic E-state index is 12.4. The number of carbonyl (C=O) groups is 1. The Bertz CT molecular complexity index is 644. The smallest absolute Gasteiger partial charge is 0.310 e. The number of benzene rings is 1. The third kappa shape index (κ3) is 4.42. The molecule has 2 rings (SSSR count). The van der Waals surface area contributed by atoms with Crippen LogP contribution in [0.4, 0.5) is 19.0 Å². The highest BCUT2D eigenvalue weighted by Gasteiger charge is 2.29. The average Bonchev–Trinajstić information content (AvgIpc) is 2.38. The van der Waals surface area contributed by atoms with Crippen molar-refractivity contribution in [3.63, 3.8) is 0 Å². The molecule has 1 N–H and O–H groups in total. The molecule has 0 fully saturated rings. The molecule has 0 unspecified atom stereocenters. The highest BCUT2D eigenvalue weighted by molar-refractivity contribution is 6.29. The highest BCUT2D eigenvalue weighted by atomic mass is 35.5. The number of hydrogen-bond acceptors (Lipinski definition) is 3. The van der Waals surface area contributed by atoms with E-state index in [1.54, 1.807) is 0 Å². The van der Waals surface area contributed by atoms with E-state index in [1.807, 2.05) is 0 Å². The molecular formula is C13H9ClF3N3O. The lowest BCUT2D eigenvalue weighted by molar-refractivity contribution is -0.137. The van der Waals surface area contributed by atoms with Crippen molar-refractivity contribution < 1.29 is 18.0 Å². The first-order valence-electron chi connectivity index (χ1n) is 5.78. The molecule has 0 aliphatic heterocycles. The summed E-state index contributed by atoms with van der Waals surface area (Å²) in [6, 6.07) is 5.76. The van der Waals surface area contributed by atoms with Crippen molar-refractivity contribution in [3.8, 4) is 0 Å². The number of rotatable bonds is 3. The van der Waals surface area contributed by atoms with E-state index in [4.69, 9.17) is 11.6 Å². The molecule has 21 heavy (non-hydrogen) atoms. The minimum atomic E-state index is -4.39. The van der Waals surface area contributed by atoms with Gasteiger partial charge in [0.2, 0.25) is 5.91 Å². The SMILES string of the molecule is O=C(Cc1ccc(C(F)(F)F)cc1)Nc1cc(Cl)ncn1. The van der Waals surface area contributed by atoms with Crippen LogP contribution >= 0.6 is 11.6 Å². The van der Waals surface area contributed by atoms with Crippen molar-refractivity contribution in [2.24, 2.45) is 0 Å². The number of halogens is 4. The lowest BCUT2D eigenvalue weighted by Gasteiger charge is -2.08. The standard InChI is InChI=1S/C13H9ClF3N3O/c14-10-6-11(19-7-18-10)20-12(21)5-8-1-3-9(4-2-8)13(15,16)17/h1-4,6-7H,5H2,(H,18,19,20,21). The Morgan fingerprint density at radius 1 is 1.19 bits per heavy atom. The van der Waals surface area contributed by atoms with Gasteiger partial charge in [0.1, 0.15) is 17.3 Å². The minimum absolute atomic E-state index is 0.0697. The molecule has 1 aromatic carbocycles. The number of alkyl halides is 3. The zero-order valence-electron chi connectivity index (χ0n) is 10.5. The van der Waals surface area contributed by atoms with Crippen LogP contribution < -0.4 is 5.32 Å². The fourth-order valence-electron chi connectivity index (χ4n) is 1.59. The molecule has 4 nitrogen and oxygen atoms in total. The monoisotopic (exact) mass is 315 g/mol. The molecule has 0 bridgehead atoms. The topological polar surface area (TPSA) is 54.9 Å². The summed E-state index contributed by atoms with van der Waals surface area (Å²) in [5.41, 5.74) is -0.296. The fourth-order valence-corrected chi connectivity index (χ4v) is 1.73. The van der Waals surface area contributed by atoms with Crippen molar-refractivity contribution in [2.45, 2.75) is 12.6 Å². The van der Waals surface area contributed by atoms with Gasteiger partial charge in [-0.05, 0) is 17.7 Å². The van der Waals surface area contributed by atoms with Gasteiger partial charge in [0.05, 0.1) is 12.0 Å². The summed E-state index contributed by atoms with van der Waals surface area (Å²) in [4.78, 5) is 19.2. The van der Waals surface area contributed by atoms with Crippen LogP contribution in [0.5, 0.6) is 0 Å². The van der Waals surface area contributed by atoms with E-state index in [-0.39, 0.29) is 17.4 Å². The molecular weight excluding hydrogens is 307 g/mol. The largest absolute Gasteiger partial charge is 0.416 e. The van der Waals surface area contributed by atoms with Crippen LogP contribution in [-0.2, 0) is 17.4 Å². The number of amides is 1. The Balaban J connectivity index is 2.00. The molecule has 0 atom stereocenters. The maximum atomic E-state index is 12.4. The summed E-state index contributed by atoms with van der Waals surface area (Å²) in [5.74, 6) is -0.184. The van der Waals surface area contributed by atoms with Crippen LogP contribution in [0.3, 0.4) is 0 Å². The lowest BCUT2D eigenvalue weighted by atomic mass is 10.1. The van der Waals surface area contributed by atoms with E-state index >= 15 is 0 Å². The summed E-state index contributed by atoms with van der Waals surface area (Å²) in [6.07, 6.45) is -3.27. The van der Waals surface area contributed by atoms with Crippen LogP contribution in [0.2, 0.25) is 5.15 Å². The molecule has 0 aliphatic carbocycles. The van der Waals surface area contributed by atoms with Crippen molar-refractivity contribution in [3.05, 3.63) is 52.9 Å². The molecule has 1 aromatic heterocycles. The summed E-state index contributed by atoms with van der Waals surface area (Å²) in [5, 5.41) is 2.66. The van der Waals surface area contributed by atoms with Crippen LogP contribution in [0.1, 0.15) is 11.1 Å². The van der Waals surface area contributed by atoms with Gasteiger partial charge in [-0.15, -0.1) is 0 Å². The van der Waals surface area contributed by atoms with Crippen LogP contribution in [0.15, 0.2) is 36.7 Å². The van der Waals surface area contributed by atoms with E-state index in [0.717, 1.165) is 12.1 Å². The second kappa shape index (κ2) is 6.09. The van der Waals surface area contributed by atoms with E-state index < -0.39 is 17.6 Å². The Morgan fingerprint density at radius 2 is 1.86 bits per heavy atom. The van der Waals surface area contributed by atoms with E-state index in [2.05, 4.69) is 15.3 Å². The zero-order chi connectivity index (χ0) is 15.5. The Labute approximate surface area is 123 Å². The molecule has 0 aliphatic rings. The first-order valence-corrected chi connectivity index (χ1v) is 6.16. The first-order chi connectivity index (χ1) is 9.84. The van der Waals surface area contributed by atoms with Gasteiger partial charge >= 0.3 is 6.18 Å². The molecule has 0 spiro atoms. The van der Waals surface area contributed by atoms with Crippen molar-refractivity contribution in [2.75, 3.05) is 5.32 Å². The second-order valence-corrected chi connectivity index (χ2v) is 4.53. The number of nitrogens with zero attached hydrogens (tertiary/aromatic N) is 2. The molecule has 1 heterocycles. The number of carbonyl (C=O) groups excluding carboxylic acids is 1. The van der Waals surface area contributed by atoms with Gasteiger partial charge in [-0.25, -0.2) is 9.97 Å². The summed E-state index contributed by atoms with van der Waals surface area (Å²) >= 11 is 5.64. The van der Waals surface area contributed by atoms with Gasteiger partial charge in [-0.1, -0.05) is 23.7 Å². The zero-order valence-corrected chi connectivity index (χ0v) is 11.2. The van der Waals surface area contributed by atoms with Gasteiger partial charge in [0.15, 0.2) is 0 Å². The number of nitrogens with one attached hydrogen (secondary N) is 1. The molecule has 0 radical (unpaired) electrons. The maximum Gasteiger partial charge on any atom is 0.416 e. The minimum Gasteiger partial charge on any atom is -0.310 e. The van der Waals surface area contributed by atoms with E-state index in [9.17, 15) is 18.0 Å². The predicted octanol–water partition coefficient (Wildman–Crippen LogP) is 3.33. The second-order valence-electron chi connectivity index (χ2n) is 4.15. The molecule has 0 saturated carbocycles. The predicted molar refractivity (Wildman–Crippen MR) is 70.8 cm³/mol. The highest BCUT2D eigenvalue weighted by Crippen LogP contribution is 2.29. The Hall–Kier alpha value is -2.15. The van der Waals surface area contributed by atoms with Crippen molar-refractivity contribution in [1.29, 1.82) is 0 Å². The number of hydrogen-bond donors (Lipinski definition) is 1. The molecule has 110 valence electrons. The normalized spacial score (nSPS) is 11.2. The fraction of sp³-hybridized carbons (Fsp3) is 0.154. The van der Waals surface area contributed by atoms with Gasteiger partial charge in [0.25, 0.3) is 0 Å². The Kier molecular flexibility index (Phi) is 4.42. The lowest BCUT2D eigenvalue weighted by Crippen LogP contribution is -2.15. The summed E-state index contributed by atoms with van der Waals surface area (Å²) < 4.78 is 37.2. The third-order valence-electron chi connectivity index (χ3n) is 2.55. The first kappa shape index (κ1) is 15.2. The van der Waals surface area contributed by atoms with Crippen molar-refractivity contribution in [1.82, 2.24) is 9.97 Å². The van der Waals surface area contributed by atoms with E-state index in [0.29, 0.717) is 5.56 Å². The van der Waals surface area contributed by atoms with Crippen molar-refractivity contribution >= 4 is 23.3 Å². The molecule has 0 saturated heterocycles. The van der Waals surface area contributed by atoms with Crippen LogP contribution in [0.25, 0.3) is 0 Å². The molecule has 1 amide bonds. The van der Waals surface area contributed by atoms with Crippen LogP contribution in [0, 0.1) is 0 Å².